The second-order valence-electron chi connectivity index (χ2n) is 10.4. The standard InChI is InChI=1S/C29H36N4O3/c1-15(2)21-12-27(35)33(18(5)20-9-16(3)32(7)14-20)25-13-31-24-10-23(28(17(4)30)19(6)34)26(36-8)11-22(24)29(21)25/h9-11,13-15,18,21,28,30H,12H2,1-8H3. The molecular formula is C29H36N4O3. The van der Waals surface area contributed by atoms with Crippen molar-refractivity contribution in [1.82, 2.24) is 9.55 Å². The first-order chi connectivity index (χ1) is 17.0. The first kappa shape index (κ1) is 25.6. The van der Waals surface area contributed by atoms with Crippen molar-refractivity contribution in [3.05, 3.63) is 53.0 Å². The lowest BCUT2D eigenvalue weighted by Gasteiger charge is -2.39. The second-order valence-corrected chi connectivity index (χ2v) is 10.4. The number of anilines is 1. The molecule has 3 heterocycles. The topological polar surface area (TPSA) is 88.3 Å². The quantitative estimate of drug-likeness (QED) is 0.423. The van der Waals surface area contributed by atoms with Crippen LogP contribution < -0.4 is 9.64 Å². The molecule has 0 aliphatic carbocycles. The summed E-state index contributed by atoms with van der Waals surface area (Å²) in [7, 11) is 3.59. The van der Waals surface area contributed by atoms with Gasteiger partial charge in [0.1, 0.15) is 11.5 Å². The van der Waals surface area contributed by atoms with Gasteiger partial charge in [-0.15, -0.1) is 0 Å². The number of rotatable bonds is 7. The van der Waals surface area contributed by atoms with E-state index in [1.54, 1.807) is 20.2 Å². The molecule has 2 aromatic heterocycles. The molecule has 3 unspecified atom stereocenters. The van der Waals surface area contributed by atoms with Crippen molar-refractivity contribution in [2.45, 2.75) is 65.8 Å². The number of carbonyl (C=O) groups is 2. The van der Waals surface area contributed by atoms with E-state index in [9.17, 15) is 9.59 Å². The number of methoxy groups -OCH3 is 1. The summed E-state index contributed by atoms with van der Waals surface area (Å²) in [6.07, 6.45) is 4.29. The molecule has 1 amide bonds. The van der Waals surface area contributed by atoms with Gasteiger partial charge < -0.3 is 19.6 Å². The molecule has 36 heavy (non-hydrogen) atoms. The van der Waals surface area contributed by atoms with E-state index in [1.807, 2.05) is 24.1 Å². The average molecular weight is 489 g/mol. The molecule has 3 aromatic rings. The van der Waals surface area contributed by atoms with Crippen LogP contribution in [-0.2, 0) is 16.6 Å². The monoisotopic (exact) mass is 488 g/mol. The van der Waals surface area contributed by atoms with E-state index in [1.165, 1.54) is 6.92 Å². The molecule has 0 saturated heterocycles. The van der Waals surface area contributed by atoms with Crippen molar-refractivity contribution in [2.75, 3.05) is 12.0 Å². The third kappa shape index (κ3) is 4.21. The number of amides is 1. The van der Waals surface area contributed by atoms with Gasteiger partial charge in [0, 0.05) is 42.0 Å². The van der Waals surface area contributed by atoms with Crippen LogP contribution >= 0.6 is 0 Å². The summed E-state index contributed by atoms with van der Waals surface area (Å²) >= 11 is 0. The zero-order valence-electron chi connectivity index (χ0n) is 22.5. The normalized spacial score (nSPS) is 17.3. The number of aryl methyl sites for hydroxylation is 2. The van der Waals surface area contributed by atoms with Crippen LogP contribution in [0.4, 0.5) is 5.69 Å². The van der Waals surface area contributed by atoms with Gasteiger partial charge in [0.05, 0.1) is 36.5 Å². The summed E-state index contributed by atoms with van der Waals surface area (Å²) in [5.74, 6) is 0.138. The summed E-state index contributed by atoms with van der Waals surface area (Å²) in [6.45, 7) is 11.5. The number of ether oxygens (including phenoxy) is 1. The highest BCUT2D eigenvalue weighted by Crippen LogP contribution is 2.47. The third-order valence-electron chi connectivity index (χ3n) is 7.63. The lowest BCUT2D eigenvalue weighted by Crippen LogP contribution is -2.39. The molecule has 1 aliphatic heterocycles. The lowest BCUT2D eigenvalue weighted by atomic mass is 9.79. The molecule has 3 atom stereocenters. The molecule has 0 spiro atoms. The summed E-state index contributed by atoms with van der Waals surface area (Å²) < 4.78 is 7.81. The van der Waals surface area contributed by atoms with E-state index < -0.39 is 5.92 Å². The fraction of sp³-hybridized carbons (Fsp3) is 0.448. The number of hydrogen-bond donors (Lipinski definition) is 1. The first-order valence-corrected chi connectivity index (χ1v) is 12.5. The number of pyridine rings is 1. The number of hydrogen-bond acceptors (Lipinski definition) is 5. The van der Waals surface area contributed by atoms with E-state index in [0.29, 0.717) is 17.7 Å². The van der Waals surface area contributed by atoms with Gasteiger partial charge >= 0.3 is 0 Å². The van der Waals surface area contributed by atoms with Gasteiger partial charge in [-0.2, -0.15) is 0 Å². The van der Waals surface area contributed by atoms with Crippen LogP contribution in [0.1, 0.15) is 81.3 Å². The van der Waals surface area contributed by atoms with Gasteiger partial charge in [0.25, 0.3) is 0 Å². The van der Waals surface area contributed by atoms with Crippen LogP contribution in [-0.4, -0.2) is 34.1 Å². The number of carbonyl (C=O) groups excluding carboxylic acids is 2. The van der Waals surface area contributed by atoms with Crippen molar-refractivity contribution < 1.29 is 14.3 Å². The van der Waals surface area contributed by atoms with E-state index in [4.69, 9.17) is 15.1 Å². The van der Waals surface area contributed by atoms with Crippen LogP contribution in [0.3, 0.4) is 0 Å². The number of benzene rings is 1. The Hall–Kier alpha value is -3.48. The Morgan fingerprint density at radius 2 is 1.89 bits per heavy atom. The Balaban J connectivity index is 1.97. The number of ketones is 1. The smallest absolute Gasteiger partial charge is 0.228 e. The number of nitrogens with zero attached hydrogens (tertiary/aromatic N) is 3. The average Bonchev–Trinajstić information content (AvgIpc) is 3.15. The van der Waals surface area contributed by atoms with E-state index in [-0.39, 0.29) is 35.3 Å². The minimum absolute atomic E-state index is 0.0302. The van der Waals surface area contributed by atoms with Gasteiger partial charge in [-0.05, 0) is 68.9 Å². The first-order valence-electron chi connectivity index (χ1n) is 12.5. The molecule has 4 rings (SSSR count). The molecular weight excluding hydrogens is 452 g/mol. The van der Waals surface area contributed by atoms with E-state index >= 15 is 0 Å². The predicted octanol–water partition coefficient (Wildman–Crippen LogP) is 5.84. The van der Waals surface area contributed by atoms with Crippen molar-refractivity contribution in [2.24, 2.45) is 13.0 Å². The largest absolute Gasteiger partial charge is 0.496 e. The van der Waals surface area contributed by atoms with Crippen molar-refractivity contribution in [1.29, 1.82) is 5.41 Å². The van der Waals surface area contributed by atoms with E-state index in [2.05, 4.69) is 44.5 Å². The SMILES string of the molecule is COc1cc2c3c(cnc2cc1C(C(C)=N)C(C)=O)N(C(C)c1cc(C)n(C)c1)C(=O)CC3C(C)C. The van der Waals surface area contributed by atoms with Crippen LogP contribution in [0, 0.1) is 18.3 Å². The van der Waals surface area contributed by atoms with Crippen LogP contribution in [0.2, 0.25) is 0 Å². The van der Waals surface area contributed by atoms with E-state index in [0.717, 1.165) is 33.4 Å². The number of aromatic nitrogens is 2. The predicted molar refractivity (Wildman–Crippen MR) is 143 cm³/mol. The summed E-state index contributed by atoms with van der Waals surface area (Å²) in [6, 6.07) is 5.79. The summed E-state index contributed by atoms with van der Waals surface area (Å²) in [5, 5.41) is 9.11. The van der Waals surface area contributed by atoms with Gasteiger partial charge in [0.15, 0.2) is 0 Å². The van der Waals surface area contributed by atoms with Gasteiger partial charge in [-0.25, -0.2) is 0 Å². The van der Waals surface area contributed by atoms with Crippen molar-refractivity contribution >= 4 is 34.0 Å². The molecule has 1 aromatic carbocycles. The molecule has 190 valence electrons. The number of Topliss-reactive ketones (excluding diaryl/α,β-unsaturated/α-hetero) is 1. The van der Waals surface area contributed by atoms with Crippen molar-refractivity contribution in [3.8, 4) is 5.75 Å². The lowest BCUT2D eigenvalue weighted by molar-refractivity contribution is -0.120. The molecule has 7 heteroatoms. The molecule has 0 bridgehead atoms. The number of fused-ring (bicyclic) bond motifs is 3. The minimum Gasteiger partial charge on any atom is -0.496 e. The molecule has 0 fully saturated rings. The zero-order valence-corrected chi connectivity index (χ0v) is 22.5. The highest BCUT2D eigenvalue weighted by molar-refractivity contribution is 6.08. The second kappa shape index (κ2) is 9.52. The van der Waals surface area contributed by atoms with Gasteiger partial charge in [0.2, 0.25) is 5.91 Å². The molecule has 1 N–H and O–H groups in total. The molecule has 7 nitrogen and oxygen atoms in total. The maximum absolute atomic E-state index is 13.5. The molecule has 0 radical (unpaired) electrons. The Bertz CT molecular complexity index is 1340. The Kier molecular flexibility index (Phi) is 6.78. The van der Waals surface area contributed by atoms with Gasteiger partial charge in [-0.1, -0.05) is 13.8 Å². The highest BCUT2D eigenvalue weighted by atomic mass is 16.5. The third-order valence-corrected chi connectivity index (χ3v) is 7.63. The number of nitrogens with one attached hydrogen (secondary N) is 1. The maximum Gasteiger partial charge on any atom is 0.228 e. The fourth-order valence-electron chi connectivity index (χ4n) is 5.59. The maximum atomic E-state index is 13.5. The van der Waals surface area contributed by atoms with Crippen LogP contribution in [0.5, 0.6) is 5.75 Å². The minimum atomic E-state index is -0.678. The molecule has 1 aliphatic rings. The summed E-state index contributed by atoms with van der Waals surface area (Å²) in [5.41, 5.74) is 5.78. The Labute approximate surface area is 213 Å². The van der Waals surface area contributed by atoms with Crippen molar-refractivity contribution in [3.63, 3.8) is 0 Å². The Morgan fingerprint density at radius 1 is 1.19 bits per heavy atom. The van der Waals surface area contributed by atoms with Crippen LogP contribution in [0.15, 0.2) is 30.6 Å². The highest BCUT2D eigenvalue weighted by Gasteiger charge is 2.38. The van der Waals surface area contributed by atoms with Gasteiger partial charge in [-0.3, -0.25) is 14.6 Å². The summed E-state index contributed by atoms with van der Waals surface area (Å²) in [4.78, 5) is 32.6. The molecule has 0 saturated carbocycles. The fourth-order valence-corrected chi connectivity index (χ4v) is 5.59. The zero-order chi connectivity index (χ0) is 26.5. The van der Waals surface area contributed by atoms with Crippen LogP contribution in [0.25, 0.3) is 10.9 Å². The Morgan fingerprint density at radius 3 is 2.42 bits per heavy atom.